The third-order valence-corrected chi connectivity index (χ3v) is 5.73. The van der Waals surface area contributed by atoms with E-state index in [2.05, 4.69) is 40.1 Å². The predicted molar refractivity (Wildman–Crippen MR) is 163 cm³/mol. The zero-order chi connectivity index (χ0) is 30.8. The number of amides is 3. The first kappa shape index (κ1) is 36.5. The number of aliphatic hydroxyl groups excluding tert-OH is 1. The van der Waals surface area contributed by atoms with E-state index in [0.29, 0.717) is 34.5 Å². The maximum absolute atomic E-state index is 14.4. The van der Waals surface area contributed by atoms with Crippen LogP contribution >= 0.6 is 0 Å². The van der Waals surface area contributed by atoms with Crippen molar-refractivity contribution < 1.29 is 23.9 Å². The molecule has 0 saturated heterocycles. The fourth-order valence-corrected chi connectivity index (χ4v) is 3.78. The van der Waals surface area contributed by atoms with Crippen LogP contribution in [0.5, 0.6) is 0 Å². The molecule has 3 amide bonds. The van der Waals surface area contributed by atoms with E-state index in [1.807, 2.05) is 34.6 Å². The molecule has 0 unspecified atom stereocenters. The largest absolute Gasteiger partial charge is 0.387 e. The van der Waals surface area contributed by atoms with Gasteiger partial charge in [-0.15, -0.1) is 0 Å². The first-order chi connectivity index (χ1) is 19.2. The second kappa shape index (κ2) is 19.5. The number of aromatic amines is 1. The highest BCUT2D eigenvalue weighted by molar-refractivity contribution is 6.35. The Hall–Kier alpha value is -3.50. The van der Waals surface area contributed by atoms with Gasteiger partial charge in [-0.2, -0.15) is 0 Å². The maximum Gasteiger partial charge on any atom is 0.256 e. The number of H-pyrrole nitrogens is 1. The number of aliphatic hydroxyl groups is 1. The van der Waals surface area contributed by atoms with Gasteiger partial charge in [-0.25, -0.2) is 4.39 Å². The fourth-order valence-electron chi connectivity index (χ4n) is 3.78. The summed E-state index contributed by atoms with van der Waals surface area (Å²) in [5, 5.41) is 19.5. The van der Waals surface area contributed by atoms with Gasteiger partial charge in [-0.1, -0.05) is 54.9 Å². The molecule has 3 rings (SSSR count). The molecule has 224 valence electrons. The number of nitrogens with one attached hydrogen (secondary N) is 5. The van der Waals surface area contributed by atoms with Gasteiger partial charge in [-0.3, -0.25) is 14.4 Å². The van der Waals surface area contributed by atoms with Crippen molar-refractivity contribution in [3.05, 3.63) is 46.0 Å². The van der Waals surface area contributed by atoms with E-state index in [1.54, 1.807) is 20.0 Å². The summed E-state index contributed by atoms with van der Waals surface area (Å²) in [4.78, 5) is 39.1. The summed E-state index contributed by atoms with van der Waals surface area (Å²) in [5.41, 5.74) is 3.28. The lowest BCUT2D eigenvalue weighted by molar-refractivity contribution is -0.118. The predicted octanol–water partition coefficient (Wildman–Crippen LogP) is 5.26. The molecule has 0 aliphatic carbocycles. The molecule has 9 nitrogen and oxygen atoms in total. The number of aryl methyl sites for hydroxylation is 1. The topological polar surface area (TPSA) is 135 Å². The van der Waals surface area contributed by atoms with Crippen LogP contribution in [0.4, 0.5) is 15.8 Å². The van der Waals surface area contributed by atoms with Crippen molar-refractivity contribution in [2.75, 3.05) is 37.4 Å². The third kappa shape index (κ3) is 9.91. The fraction of sp³-hybridized carbons (Fsp3) is 0.500. The minimum Gasteiger partial charge on any atom is -0.387 e. The second-order valence-electron chi connectivity index (χ2n) is 8.25. The van der Waals surface area contributed by atoms with E-state index in [9.17, 15) is 18.8 Å². The Morgan fingerprint density at radius 2 is 1.75 bits per heavy atom. The van der Waals surface area contributed by atoms with Gasteiger partial charge < -0.3 is 31.4 Å². The highest BCUT2D eigenvalue weighted by Gasteiger charge is 2.28. The number of aromatic nitrogens is 1. The number of halogens is 1. The SMILES string of the molecule is CC.CC.CCCCNCC.CCc1[nH]c(/C=C2\C(=O)Nc3cc(NC(=O)CO)c(F)cc32)c(C)c1C(=O)NC. The van der Waals surface area contributed by atoms with Crippen LogP contribution in [0.2, 0.25) is 0 Å². The normalized spacial score (nSPS) is 12.1. The van der Waals surface area contributed by atoms with Crippen LogP contribution in [0.1, 0.15) is 94.2 Å². The van der Waals surface area contributed by atoms with Gasteiger partial charge >= 0.3 is 0 Å². The number of carbonyl (C=O) groups excluding carboxylic acids is 3. The van der Waals surface area contributed by atoms with Crippen LogP contribution in [0.3, 0.4) is 0 Å². The standard InChI is InChI=1S/C20H21FN4O4.C6H15N.2C2H6/c1-4-13-18(20(29)22-3)9(2)14(23-13)6-11-10-5-12(21)16(24-17(27)8-26)7-15(10)25-19(11)28;1-3-5-6-7-4-2;2*1-2/h5-7,23,26H,4,8H2,1-3H3,(H,22,29)(H,24,27)(H,25,28);7H,3-6H2,1-2H3;2*1-2H3/b11-6-;;;. The second-order valence-corrected chi connectivity index (χ2v) is 8.25. The van der Waals surface area contributed by atoms with Crippen LogP contribution in [-0.2, 0) is 16.0 Å². The Kier molecular flexibility index (Phi) is 17.8. The molecule has 2 heterocycles. The van der Waals surface area contributed by atoms with Crippen LogP contribution in [0, 0.1) is 12.7 Å². The molecule has 1 aliphatic heterocycles. The summed E-state index contributed by atoms with van der Waals surface area (Å²) in [7, 11) is 1.54. The van der Waals surface area contributed by atoms with E-state index in [1.165, 1.54) is 25.5 Å². The van der Waals surface area contributed by atoms with Crippen LogP contribution < -0.4 is 21.3 Å². The molecule has 0 fully saturated rings. The first-order valence-electron chi connectivity index (χ1n) is 14.1. The lowest BCUT2D eigenvalue weighted by Crippen LogP contribution is -2.19. The zero-order valence-corrected chi connectivity index (χ0v) is 25.5. The van der Waals surface area contributed by atoms with Crippen molar-refractivity contribution in [3.63, 3.8) is 0 Å². The molecule has 1 aromatic carbocycles. The van der Waals surface area contributed by atoms with Crippen molar-refractivity contribution in [3.8, 4) is 0 Å². The molecule has 0 radical (unpaired) electrons. The Bertz CT molecular complexity index is 1140. The van der Waals surface area contributed by atoms with Crippen LogP contribution in [0.25, 0.3) is 11.6 Å². The van der Waals surface area contributed by atoms with Gasteiger partial charge in [0, 0.05) is 24.0 Å². The summed E-state index contributed by atoms with van der Waals surface area (Å²) in [6, 6.07) is 2.44. The molecule has 2 aromatic rings. The van der Waals surface area contributed by atoms with Crippen molar-refractivity contribution in [1.82, 2.24) is 15.6 Å². The molecule has 0 bridgehead atoms. The molecule has 0 spiro atoms. The van der Waals surface area contributed by atoms with Crippen LogP contribution in [0.15, 0.2) is 12.1 Å². The summed E-state index contributed by atoms with van der Waals surface area (Å²) in [6.45, 7) is 17.5. The number of carbonyl (C=O) groups is 3. The van der Waals surface area contributed by atoms with E-state index in [0.717, 1.165) is 18.3 Å². The molecule has 6 N–H and O–H groups in total. The molecule has 1 aliphatic rings. The Morgan fingerprint density at radius 3 is 2.27 bits per heavy atom. The summed E-state index contributed by atoms with van der Waals surface area (Å²) < 4.78 is 14.4. The molecule has 1 aromatic heterocycles. The van der Waals surface area contributed by atoms with Crippen molar-refractivity contribution in [2.45, 2.75) is 74.7 Å². The van der Waals surface area contributed by atoms with Gasteiger partial charge in [-0.05, 0) is 56.6 Å². The number of hydrogen-bond donors (Lipinski definition) is 6. The van der Waals surface area contributed by atoms with E-state index in [4.69, 9.17) is 5.11 Å². The number of unbranched alkanes of at least 4 members (excludes halogenated alkanes) is 1. The highest BCUT2D eigenvalue weighted by Crippen LogP contribution is 2.37. The summed E-state index contributed by atoms with van der Waals surface area (Å²) in [5.74, 6) is -2.17. The highest BCUT2D eigenvalue weighted by atomic mass is 19.1. The van der Waals surface area contributed by atoms with Gasteiger partial charge in [0.1, 0.15) is 12.4 Å². The zero-order valence-electron chi connectivity index (χ0n) is 25.5. The lowest BCUT2D eigenvalue weighted by atomic mass is 10.0. The van der Waals surface area contributed by atoms with Gasteiger partial charge in [0.25, 0.3) is 11.8 Å². The quantitative estimate of drug-likeness (QED) is 0.183. The smallest absolute Gasteiger partial charge is 0.256 e. The average Bonchev–Trinajstić information content (AvgIpc) is 3.45. The molecule has 10 heteroatoms. The van der Waals surface area contributed by atoms with Gasteiger partial charge in [0.15, 0.2) is 0 Å². The van der Waals surface area contributed by atoms with Gasteiger partial charge in [0.2, 0.25) is 5.91 Å². The minimum atomic E-state index is -0.784. The number of anilines is 2. The van der Waals surface area contributed by atoms with Crippen molar-refractivity contribution in [2.24, 2.45) is 0 Å². The molecule has 40 heavy (non-hydrogen) atoms. The molecule has 0 saturated carbocycles. The monoisotopic (exact) mass is 561 g/mol. The number of hydrogen-bond acceptors (Lipinski definition) is 5. The number of benzene rings is 1. The maximum atomic E-state index is 14.4. The minimum absolute atomic E-state index is 0.143. The third-order valence-electron chi connectivity index (χ3n) is 5.73. The van der Waals surface area contributed by atoms with E-state index >= 15 is 0 Å². The van der Waals surface area contributed by atoms with E-state index in [-0.39, 0.29) is 17.2 Å². The van der Waals surface area contributed by atoms with Gasteiger partial charge in [0.05, 0.1) is 22.5 Å². The Morgan fingerprint density at radius 1 is 1.10 bits per heavy atom. The Labute approximate surface area is 238 Å². The number of fused-ring (bicyclic) bond motifs is 1. The molecular weight excluding hydrogens is 513 g/mol. The number of rotatable bonds is 9. The summed E-state index contributed by atoms with van der Waals surface area (Å²) in [6.07, 6.45) is 4.78. The van der Waals surface area contributed by atoms with Crippen molar-refractivity contribution in [1.29, 1.82) is 0 Å². The average molecular weight is 562 g/mol. The van der Waals surface area contributed by atoms with Crippen LogP contribution in [-0.4, -0.2) is 54.6 Å². The lowest BCUT2D eigenvalue weighted by Gasteiger charge is -2.07. The van der Waals surface area contributed by atoms with Crippen molar-refractivity contribution >= 4 is 40.7 Å². The summed E-state index contributed by atoms with van der Waals surface area (Å²) >= 11 is 0. The first-order valence-corrected chi connectivity index (χ1v) is 14.1. The van der Waals surface area contributed by atoms with E-state index < -0.39 is 24.2 Å². The molecule has 0 atom stereocenters. The molecular formula is C30H48FN5O4. The Balaban J connectivity index is 0.00000119.